The topological polar surface area (TPSA) is 132 Å². The van der Waals surface area contributed by atoms with Crippen LogP contribution in [0.3, 0.4) is 0 Å². The lowest BCUT2D eigenvalue weighted by Crippen LogP contribution is -2.67. The van der Waals surface area contributed by atoms with Crippen molar-refractivity contribution < 1.29 is 34.8 Å². The summed E-state index contributed by atoms with van der Waals surface area (Å²) in [6, 6.07) is 3.00. The van der Waals surface area contributed by atoms with Crippen LogP contribution in [0.4, 0.5) is 0 Å². The third kappa shape index (κ3) is 3.83. The summed E-state index contributed by atoms with van der Waals surface area (Å²) in [6.07, 6.45) is 7.41. The fourth-order valence-electron chi connectivity index (χ4n) is 7.29. The van der Waals surface area contributed by atoms with Gasteiger partial charge in [0.1, 0.15) is 22.8 Å². The number of aromatic hydroxyl groups is 1. The van der Waals surface area contributed by atoms with Crippen LogP contribution in [0.2, 0.25) is 0 Å². The van der Waals surface area contributed by atoms with Crippen molar-refractivity contribution >= 4 is 17.3 Å². The van der Waals surface area contributed by atoms with E-state index in [1.54, 1.807) is 33.8 Å². The normalized spacial score (nSPS) is 29.7. The number of hydrogen-bond donors (Lipinski definition) is 4. The molecule has 7 nitrogen and oxygen atoms in total. The van der Waals surface area contributed by atoms with Crippen molar-refractivity contribution in [1.29, 1.82) is 0 Å². The lowest BCUT2D eigenvalue weighted by molar-refractivity contribution is -0.171. The van der Waals surface area contributed by atoms with Gasteiger partial charge in [-0.15, -0.1) is 12.3 Å². The molecule has 4 N–H and O–H groups in total. The smallest absolute Gasteiger partial charge is 0.209 e. The Hall–Kier alpha value is -3.81. The van der Waals surface area contributed by atoms with Gasteiger partial charge in [0.05, 0.1) is 5.56 Å². The molecule has 0 heterocycles. The first-order chi connectivity index (χ1) is 18.2. The molecule has 0 bridgehead atoms. The third-order valence-corrected chi connectivity index (χ3v) is 8.74. The first-order valence-corrected chi connectivity index (χ1v) is 13.1. The Balaban J connectivity index is 1.97. The predicted molar refractivity (Wildman–Crippen MR) is 145 cm³/mol. The molecule has 7 heteroatoms. The molecule has 0 radical (unpaired) electrons. The van der Waals surface area contributed by atoms with E-state index in [2.05, 4.69) is 17.8 Å². The number of benzene rings is 1. The summed E-state index contributed by atoms with van der Waals surface area (Å²) in [5, 5.41) is 45.6. The average Bonchev–Trinajstić information content (AvgIpc) is 2.82. The van der Waals surface area contributed by atoms with E-state index >= 15 is 0 Å². The largest absolute Gasteiger partial charge is 0.511 e. The number of ketones is 3. The van der Waals surface area contributed by atoms with Crippen molar-refractivity contribution in [3.05, 3.63) is 51.5 Å². The number of aliphatic hydroxyl groups excluding tert-OH is 2. The van der Waals surface area contributed by atoms with Crippen LogP contribution >= 0.6 is 0 Å². The van der Waals surface area contributed by atoms with Gasteiger partial charge in [-0.1, -0.05) is 39.5 Å². The van der Waals surface area contributed by atoms with Crippen molar-refractivity contribution in [2.24, 2.45) is 22.7 Å². The molecule has 0 amide bonds. The molecule has 0 saturated carbocycles. The minimum atomic E-state index is -2.62. The maximum absolute atomic E-state index is 14.0. The minimum Gasteiger partial charge on any atom is -0.511 e. The van der Waals surface area contributed by atoms with E-state index in [-0.39, 0.29) is 35.6 Å². The molecule has 1 unspecified atom stereocenters. The summed E-state index contributed by atoms with van der Waals surface area (Å²) < 4.78 is 0. The molecule has 4 atom stereocenters. The zero-order valence-electron chi connectivity index (χ0n) is 22.9. The monoisotopic (exact) mass is 530 g/mol. The van der Waals surface area contributed by atoms with Crippen LogP contribution < -0.4 is 0 Å². The molecule has 4 rings (SSSR count). The van der Waals surface area contributed by atoms with Gasteiger partial charge in [-0.3, -0.25) is 14.4 Å². The van der Waals surface area contributed by atoms with E-state index in [1.807, 2.05) is 0 Å². The van der Waals surface area contributed by atoms with Gasteiger partial charge in [0.2, 0.25) is 5.78 Å². The molecule has 39 heavy (non-hydrogen) atoms. The molecule has 0 spiro atoms. The Bertz CT molecular complexity index is 1470. The van der Waals surface area contributed by atoms with Crippen LogP contribution in [-0.4, -0.2) is 43.4 Å². The first-order valence-electron chi connectivity index (χ1n) is 13.1. The van der Waals surface area contributed by atoms with Crippen molar-refractivity contribution in [3.8, 4) is 29.9 Å². The third-order valence-electron chi connectivity index (χ3n) is 8.74. The molecular formula is C32H34O7. The van der Waals surface area contributed by atoms with E-state index in [0.29, 0.717) is 24.0 Å². The molecule has 204 valence electrons. The Kier molecular flexibility index (Phi) is 6.82. The van der Waals surface area contributed by atoms with Gasteiger partial charge < -0.3 is 20.4 Å². The van der Waals surface area contributed by atoms with E-state index < -0.39 is 56.8 Å². The van der Waals surface area contributed by atoms with Crippen LogP contribution in [0.1, 0.15) is 81.8 Å². The number of aliphatic hydroxyl groups is 3. The van der Waals surface area contributed by atoms with Crippen molar-refractivity contribution in [3.63, 3.8) is 0 Å². The summed E-state index contributed by atoms with van der Waals surface area (Å²) in [6.45, 7) is 8.08. The molecule has 0 saturated heterocycles. The zero-order valence-corrected chi connectivity index (χ0v) is 22.9. The highest BCUT2D eigenvalue weighted by atomic mass is 16.3. The van der Waals surface area contributed by atoms with Gasteiger partial charge in [0.25, 0.3) is 0 Å². The standard InChI is InChI=1S/C32H34O7/c1-7-8-9-10-11-12-19-13-14-21(34)23-20(19)15-30(5)16-31(6)24(17(2)3)26(35)22(18(4)33)28(37)32(31,39)29(38)25(30)27(23)36/h1,13-14,17,24,34-35,38-39H,8-10,15-16H2,2-6H3/t24?,30-,31-,32+/m1/s1. The summed E-state index contributed by atoms with van der Waals surface area (Å²) >= 11 is 0. The minimum absolute atomic E-state index is 0.0366. The number of allylic oxidation sites excluding steroid dienone is 2. The van der Waals surface area contributed by atoms with E-state index in [1.165, 1.54) is 6.07 Å². The van der Waals surface area contributed by atoms with Crippen LogP contribution in [0.15, 0.2) is 34.8 Å². The SMILES string of the molecule is C#CCCCC#Cc1ccc(O)c2c1C[C@]1(C)C[C@]3(C)C(C(C)C)C(O)=C(C(C)=O)C(=O)[C@]3(O)C(O)=C1C2=O. The van der Waals surface area contributed by atoms with Gasteiger partial charge in [-0.25, -0.2) is 0 Å². The van der Waals surface area contributed by atoms with E-state index in [4.69, 9.17) is 6.42 Å². The predicted octanol–water partition coefficient (Wildman–Crippen LogP) is 4.50. The van der Waals surface area contributed by atoms with Crippen LogP contribution in [0, 0.1) is 46.9 Å². The number of phenols is 1. The second kappa shape index (κ2) is 9.43. The zero-order chi connectivity index (χ0) is 29.1. The highest BCUT2D eigenvalue weighted by Gasteiger charge is 2.71. The molecule has 0 fully saturated rings. The summed E-state index contributed by atoms with van der Waals surface area (Å²) in [5.74, 6) is 3.40. The van der Waals surface area contributed by atoms with Crippen LogP contribution in [0.25, 0.3) is 0 Å². The molecule has 3 aliphatic rings. The highest BCUT2D eigenvalue weighted by molar-refractivity contribution is 6.25. The number of fused-ring (bicyclic) bond motifs is 3. The summed E-state index contributed by atoms with van der Waals surface area (Å²) in [7, 11) is 0. The van der Waals surface area contributed by atoms with Crippen molar-refractivity contribution in [1.82, 2.24) is 0 Å². The van der Waals surface area contributed by atoms with Gasteiger partial charge in [-0.2, -0.15) is 0 Å². The fraction of sp³-hybridized carbons (Fsp3) is 0.469. The Labute approximate surface area is 228 Å². The lowest BCUT2D eigenvalue weighted by atomic mass is 9.44. The van der Waals surface area contributed by atoms with E-state index in [9.17, 15) is 34.8 Å². The Morgan fingerprint density at radius 1 is 1.15 bits per heavy atom. The quantitative estimate of drug-likeness (QED) is 0.256. The summed E-state index contributed by atoms with van der Waals surface area (Å²) in [4.78, 5) is 40.1. The van der Waals surface area contributed by atoms with E-state index in [0.717, 1.165) is 13.3 Å². The number of Topliss-reactive ketones (excluding diaryl/α,β-unsaturated/α-hetero) is 3. The number of carbonyl (C=O) groups excluding carboxylic acids is 3. The van der Waals surface area contributed by atoms with Gasteiger partial charge in [0.15, 0.2) is 17.2 Å². The maximum atomic E-state index is 14.0. The molecule has 3 aliphatic carbocycles. The summed E-state index contributed by atoms with van der Waals surface area (Å²) in [5.41, 5.74) is -4.87. The molecule has 0 aromatic heterocycles. The second-order valence-electron chi connectivity index (χ2n) is 11.8. The average molecular weight is 531 g/mol. The maximum Gasteiger partial charge on any atom is 0.209 e. The number of phenolic OH excluding ortho intramolecular Hbond substituents is 1. The highest BCUT2D eigenvalue weighted by Crippen LogP contribution is 2.65. The number of hydrogen-bond acceptors (Lipinski definition) is 7. The van der Waals surface area contributed by atoms with Crippen molar-refractivity contribution in [2.75, 3.05) is 0 Å². The number of rotatable bonds is 4. The Morgan fingerprint density at radius 3 is 2.41 bits per heavy atom. The first kappa shape index (κ1) is 28.2. The Morgan fingerprint density at radius 2 is 1.82 bits per heavy atom. The van der Waals surface area contributed by atoms with Crippen molar-refractivity contribution in [2.45, 2.75) is 72.3 Å². The molecule has 1 aromatic rings. The second-order valence-corrected chi connectivity index (χ2v) is 11.8. The van der Waals surface area contributed by atoms with Gasteiger partial charge in [0, 0.05) is 40.7 Å². The van der Waals surface area contributed by atoms with Crippen LogP contribution in [-0.2, 0) is 16.0 Å². The molecule has 1 aromatic carbocycles. The number of carbonyl (C=O) groups is 3. The fourth-order valence-corrected chi connectivity index (χ4v) is 7.29. The molecular weight excluding hydrogens is 496 g/mol. The van der Waals surface area contributed by atoms with Gasteiger partial charge in [-0.05, 0) is 49.8 Å². The molecule has 0 aliphatic heterocycles. The van der Waals surface area contributed by atoms with Crippen LogP contribution in [0.5, 0.6) is 5.75 Å². The number of unbranched alkanes of at least 4 members (excludes halogenated alkanes) is 2. The number of terminal acetylenes is 1. The van der Waals surface area contributed by atoms with Gasteiger partial charge >= 0.3 is 0 Å². The lowest BCUT2D eigenvalue weighted by Gasteiger charge is -2.59.